The molecule has 0 aromatic heterocycles. The monoisotopic (exact) mass is 456 g/mol. The van der Waals surface area contributed by atoms with Crippen LogP contribution in [-0.2, 0) is 14.8 Å². The molecule has 1 aliphatic rings. The molecule has 156 valence electrons. The number of rotatable bonds is 4. The van der Waals surface area contributed by atoms with Crippen LogP contribution in [0.1, 0.15) is 29.8 Å². The van der Waals surface area contributed by atoms with Gasteiger partial charge >= 0.3 is 0 Å². The Morgan fingerprint density at radius 3 is 2.34 bits per heavy atom. The maximum Gasteiger partial charge on any atom is 0.255 e. The van der Waals surface area contributed by atoms with Gasteiger partial charge in [-0.1, -0.05) is 29.3 Å². The van der Waals surface area contributed by atoms with Gasteiger partial charge in [0.2, 0.25) is 10.0 Å². The first kappa shape index (κ1) is 22.1. The van der Waals surface area contributed by atoms with Gasteiger partial charge in [-0.05, 0) is 56.7 Å². The number of sulfonamides is 1. The Bertz CT molecular complexity index is 1030. The van der Waals surface area contributed by atoms with Gasteiger partial charge in [-0.15, -0.1) is 0 Å². The van der Waals surface area contributed by atoms with E-state index in [2.05, 4.69) is 5.32 Å². The summed E-state index contributed by atoms with van der Waals surface area (Å²) in [6.07, 6.45) is -0.463. The topological polar surface area (TPSA) is 75.7 Å². The van der Waals surface area contributed by atoms with Crippen molar-refractivity contribution in [1.82, 2.24) is 4.31 Å². The van der Waals surface area contributed by atoms with Crippen LogP contribution >= 0.6 is 23.2 Å². The Hall–Kier alpha value is -1.64. The number of aryl methyl sites for hydroxylation is 1. The highest BCUT2D eigenvalue weighted by Crippen LogP contribution is 2.28. The third kappa shape index (κ3) is 4.92. The molecule has 0 spiro atoms. The van der Waals surface area contributed by atoms with Crippen LogP contribution in [-0.4, -0.2) is 43.9 Å². The molecule has 2 atom stereocenters. The summed E-state index contributed by atoms with van der Waals surface area (Å²) in [6.45, 7) is 5.94. The molecule has 0 radical (unpaired) electrons. The molecule has 0 bridgehead atoms. The fourth-order valence-electron chi connectivity index (χ4n) is 3.18. The van der Waals surface area contributed by atoms with E-state index >= 15 is 0 Å². The van der Waals surface area contributed by atoms with Crippen molar-refractivity contribution in [3.63, 3.8) is 0 Å². The second kappa shape index (κ2) is 8.62. The van der Waals surface area contributed by atoms with Crippen LogP contribution in [0.25, 0.3) is 0 Å². The predicted molar refractivity (Wildman–Crippen MR) is 114 cm³/mol. The summed E-state index contributed by atoms with van der Waals surface area (Å²) in [7, 11) is -3.88. The highest BCUT2D eigenvalue weighted by Gasteiger charge is 2.33. The van der Waals surface area contributed by atoms with Crippen LogP contribution in [0.3, 0.4) is 0 Å². The highest BCUT2D eigenvalue weighted by molar-refractivity contribution is 7.89. The molecular weight excluding hydrogens is 435 g/mol. The van der Waals surface area contributed by atoms with Gasteiger partial charge in [-0.25, -0.2) is 8.42 Å². The van der Waals surface area contributed by atoms with Gasteiger partial charge in [0.05, 0.1) is 17.2 Å². The number of halogens is 2. The highest BCUT2D eigenvalue weighted by atomic mass is 35.5. The van der Waals surface area contributed by atoms with Gasteiger partial charge in [0.1, 0.15) is 4.90 Å². The lowest BCUT2D eigenvalue weighted by Crippen LogP contribution is -2.48. The molecule has 1 saturated heterocycles. The summed E-state index contributed by atoms with van der Waals surface area (Å²) >= 11 is 12.3. The first-order valence-corrected chi connectivity index (χ1v) is 11.3. The second-order valence-corrected chi connectivity index (χ2v) is 9.86. The van der Waals surface area contributed by atoms with Crippen molar-refractivity contribution in [3.05, 3.63) is 57.6 Å². The zero-order valence-electron chi connectivity index (χ0n) is 16.3. The summed E-state index contributed by atoms with van der Waals surface area (Å²) in [5.41, 5.74) is 1.58. The van der Waals surface area contributed by atoms with E-state index in [1.165, 1.54) is 22.5 Å². The molecule has 2 aromatic carbocycles. The normalized spacial score (nSPS) is 20.4. The zero-order valence-corrected chi connectivity index (χ0v) is 18.6. The molecular formula is C20H22Cl2N2O4S. The van der Waals surface area contributed by atoms with Gasteiger partial charge in [-0.3, -0.25) is 4.79 Å². The fourth-order valence-corrected chi connectivity index (χ4v) is 5.45. The summed E-state index contributed by atoms with van der Waals surface area (Å²) in [5, 5.41) is 3.31. The van der Waals surface area contributed by atoms with Crippen LogP contribution in [0.4, 0.5) is 5.69 Å². The maximum atomic E-state index is 13.2. The van der Waals surface area contributed by atoms with E-state index in [1.807, 2.05) is 20.8 Å². The van der Waals surface area contributed by atoms with Crippen LogP contribution < -0.4 is 5.32 Å². The summed E-state index contributed by atoms with van der Waals surface area (Å²) in [4.78, 5) is 12.6. The molecule has 1 N–H and O–H groups in total. The van der Waals surface area contributed by atoms with E-state index in [4.69, 9.17) is 27.9 Å². The Balaban J connectivity index is 1.89. The number of morpholine rings is 1. The van der Waals surface area contributed by atoms with Crippen LogP contribution in [0.5, 0.6) is 0 Å². The molecule has 6 nitrogen and oxygen atoms in total. The van der Waals surface area contributed by atoms with Gasteiger partial charge in [0, 0.05) is 29.4 Å². The molecule has 1 fully saturated rings. The number of nitrogens with zero attached hydrogens (tertiary/aromatic N) is 1. The van der Waals surface area contributed by atoms with Crippen LogP contribution in [0.2, 0.25) is 10.0 Å². The van der Waals surface area contributed by atoms with Crippen molar-refractivity contribution in [3.8, 4) is 0 Å². The lowest BCUT2D eigenvalue weighted by atomic mass is 10.2. The predicted octanol–water partition coefficient (Wildman–Crippen LogP) is 4.35. The molecule has 1 heterocycles. The van der Waals surface area contributed by atoms with Gasteiger partial charge in [-0.2, -0.15) is 4.31 Å². The number of nitrogens with one attached hydrogen (secondary N) is 1. The van der Waals surface area contributed by atoms with Crippen molar-refractivity contribution in [2.45, 2.75) is 37.9 Å². The molecule has 0 saturated carbocycles. The minimum absolute atomic E-state index is 0.0618. The van der Waals surface area contributed by atoms with Crippen molar-refractivity contribution >= 4 is 44.8 Å². The van der Waals surface area contributed by atoms with E-state index in [0.29, 0.717) is 10.7 Å². The smallest absolute Gasteiger partial charge is 0.255 e. The number of hydrogen-bond donors (Lipinski definition) is 1. The number of amides is 1. The van der Waals surface area contributed by atoms with Crippen molar-refractivity contribution in [1.29, 1.82) is 0 Å². The molecule has 2 aromatic rings. The second-order valence-electron chi connectivity index (χ2n) is 7.14. The summed E-state index contributed by atoms with van der Waals surface area (Å²) in [6, 6.07) is 9.35. The van der Waals surface area contributed by atoms with Gasteiger partial charge in [0.15, 0.2) is 0 Å². The molecule has 29 heavy (non-hydrogen) atoms. The molecule has 2 unspecified atom stereocenters. The number of hydrogen-bond acceptors (Lipinski definition) is 4. The standard InChI is InChI=1S/C20H22Cl2N2O4S/c1-12-4-6-16(9-18(12)22)23-20(25)15-5-7-17(21)19(8-15)29(26,27)24-10-13(2)28-14(3)11-24/h4-9,13-14H,10-11H2,1-3H3,(H,23,25). The average Bonchev–Trinajstić information content (AvgIpc) is 2.64. The Morgan fingerprint density at radius 1 is 1.07 bits per heavy atom. The minimum atomic E-state index is -3.88. The maximum absolute atomic E-state index is 13.2. The van der Waals surface area contributed by atoms with Crippen molar-refractivity contribution < 1.29 is 17.9 Å². The third-order valence-electron chi connectivity index (χ3n) is 4.63. The van der Waals surface area contributed by atoms with Crippen molar-refractivity contribution in [2.24, 2.45) is 0 Å². The molecule has 1 aliphatic heterocycles. The molecule has 0 aliphatic carbocycles. The van der Waals surface area contributed by atoms with Crippen LogP contribution in [0, 0.1) is 6.92 Å². The first-order chi connectivity index (χ1) is 13.6. The number of carbonyl (C=O) groups excluding carboxylic acids is 1. The molecule has 9 heteroatoms. The van der Waals surface area contributed by atoms with Gasteiger partial charge < -0.3 is 10.1 Å². The number of carbonyl (C=O) groups is 1. The Morgan fingerprint density at radius 2 is 1.72 bits per heavy atom. The zero-order chi connectivity index (χ0) is 21.3. The quantitative estimate of drug-likeness (QED) is 0.741. The average molecular weight is 457 g/mol. The lowest BCUT2D eigenvalue weighted by molar-refractivity contribution is -0.0440. The van der Waals surface area contributed by atoms with Crippen molar-refractivity contribution in [2.75, 3.05) is 18.4 Å². The minimum Gasteiger partial charge on any atom is -0.373 e. The number of ether oxygens (including phenoxy) is 1. The first-order valence-electron chi connectivity index (χ1n) is 9.10. The lowest BCUT2D eigenvalue weighted by Gasteiger charge is -2.34. The van der Waals surface area contributed by atoms with E-state index in [-0.39, 0.29) is 40.8 Å². The van der Waals surface area contributed by atoms with E-state index in [9.17, 15) is 13.2 Å². The SMILES string of the molecule is Cc1ccc(NC(=O)c2ccc(Cl)c(S(=O)(=O)N3CC(C)OC(C)C3)c2)cc1Cl. The molecule has 3 rings (SSSR count). The Kier molecular flexibility index (Phi) is 6.55. The van der Waals surface area contributed by atoms with E-state index in [1.54, 1.807) is 18.2 Å². The number of benzene rings is 2. The van der Waals surface area contributed by atoms with Crippen LogP contribution in [0.15, 0.2) is 41.3 Å². The van der Waals surface area contributed by atoms with E-state index < -0.39 is 15.9 Å². The fraction of sp³-hybridized carbons (Fsp3) is 0.350. The largest absolute Gasteiger partial charge is 0.373 e. The number of anilines is 1. The summed E-state index contributed by atoms with van der Waals surface area (Å²) in [5.74, 6) is -0.457. The molecule has 1 amide bonds. The Labute approximate surface area is 180 Å². The third-order valence-corrected chi connectivity index (χ3v) is 7.35. The summed E-state index contributed by atoms with van der Waals surface area (Å²) < 4.78 is 33.3. The van der Waals surface area contributed by atoms with Gasteiger partial charge in [0.25, 0.3) is 5.91 Å². The van der Waals surface area contributed by atoms with E-state index in [0.717, 1.165) is 5.56 Å².